The molecule has 1 aromatic heterocycles. The number of hydrogen-bond acceptors (Lipinski definition) is 5. The minimum atomic E-state index is -0.173. The molecule has 0 unspecified atom stereocenters. The largest absolute Gasteiger partial charge is 0.353 e. The molecule has 7 heteroatoms. The number of aromatic nitrogens is 2. The number of carbonyl (C=O) groups excluding carboxylic acids is 2. The van der Waals surface area contributed by atoms with Gasteiger partial charge in [0.05, 0.1) is 0 Å². The van der Waals surface area contributed by atoms with Gasteiger partial charge in [-0.1, -0.05) is 13.8 Å². The zero-order valence-corrected chi connectivity index (χ0v) is 14.3. The SMILES string of the molecule is CC(=O)N1CCN(c2cc(C(=O)NCC(C)C)nc(C)n2)CC1. The highest BCUT2D eigenvalue weighted by Crippen LogP contribution is 2.15. The van der Waals surface area contributed by atoms with Gasteiger partial charge < -0.3 is 15.1 Å². The van der Waals surface area contributed by atoms with Crippen LogP contribution in [0.4, 0.5) is 5.82 Å². The van der Waals surface area contributed by atoms with Crippen molar-refractivity contribution in [3.63, 3.8) is 0 Å². The van der Waals surface area contributed by atoms with Crippen LogP contribution in [0.2, 0.25) is 0 Å². The number of nitrogens with zero attached hydrogens (tertiary/aromatic N) is 4. The molecule has 1 saturated heterocycles. The van der Waals surface area contributed by atoms with E-state index in [2.05, 4.69) is 20.2 Å². The van der Waals surface area contributed by atoms with Crippen molar-refractivity contribution in [2.45, 2.75) is 27.7 Å². The summed E-state index contributed by atoms with van der Waals surface area (Å²) in [5.74, 6) is 1.63. The summed E-state index contributed by atoms with van der Waals surface area (Å²) < 4.78 is 0. The first kappa shape index (κ1) is 17.2. The average molecular weight is 319 g/mol. The molecule has 1 N–H and O–H groups in total. The monoisotopic (exact) mass is 319 g/mol. The molecule has 7 nitrogen and oxygen atoms in total. The second kappa shape index (κ2) is 7.39. The van der Waals surface area contributed by atoms with Crippen molar-refractivity contribution in [2.75, 3.05) is 37.6 Å². The van der Waals surface area contributed by atoms with Crippen LogP contribution in [-0.2, 0) is 4.79 Å². The van der Waals surface area contributed by atoms with Gasteiger partial charge in [-0.2, -0.15) is 0 Å². The Balaban J connectivity index is 2.08. The number of amides is 2. The highest BCUT2D eigenvalue weighted by Gasteiger charge is 2.21. The lowest BCUT2D eigenvalue weighted by molar-refractivity contribution is -0.129. The summed E-state index contributed by atoms with van der Waals surface area (Å²) in [6, 6.07) is 1.73. The van der Waals surface area contributed by atoms with Crippen molar-refractivity contribution in [3.8, 4) is 0 Å². The molecule has 0 bridgehead atoms. The smallest absolute Gasteiger partial charge is 0.270 e. The third kappa shape index (κ3) is 4.64. The van der Waals surface area contributed by atoms with E-state index in [0.29, 0.717) is 50.2 Å². The van der Waals surface area contributed by atoms with Gasteiger partial charge in [0.1, 0.15) is 17.3 Å². The molecule has 0 radical (unpaired) electrons. The molecular formula is C16H25N5O2. The lowest BCUT2D eigenvalue weighted by Crippen LogP contribution is -2.48. The van der Waals surface area contributed by atoms with Gasteiger partial charge in [0, 0.05) is 45.7 Å². The van der Waals surface area contributed by atoms with Gasteiger partial charge in [0.25, 0.3) is 5.91 Å². The van der Waals surface area contributed by atoms with Gasteiger partial charge >= 0.3 is 0 Å². The number of nitrogens with one attached hydrogen (secondary N) is 1. The fourth-order valence-corrected chi connectivity index (χ4v) is 2.47. The van der Waals surface area contributed by atoms with Crippen LogP contribution in [0.15, 0.2) is 6.07 Å². The second-order valence-electron chi connectivity index (χ2n) is 6.26. The van der Waals surface area contributed by atoms with E-state index in [9.17, 15) is 9.59 Å². The molecular weight excluding hydrogens is 294 g/mol. The molecule has 0 atom stereocenters. The molecule has 1 aliphatic heterocycles. The molecule has 126 valence electrons. The number of aryl methyl sites for hydroxylation is 1. The third-order valence-corrected chi connectivity index (χ3v) is 3.78. The van der Waals surface area contributed by atoms with E-state index in [1.165, 1.54) is 0 Å². The summed E-state index contributed by atoms with van der Waals surface area (Å²) >= 11 is 0. The van der Waals surface area contributed by atoms with Gasteiger partial charge in [-0.15, -0.1) is 0 Å². The quantitative estimate of drug-likeness (QED) is 0.890. The van der Waals surface area contributed by atoms with Crippen LogP contribution < -0.4 is 10.2 Å². The fourth-order valence-electron chi connectivity index (χ4n) is 2.47. The molecule has 0 aromatic carbocycles. The second-order valence-corrected chi connectivity index (χ2v) is 6.26. The Kier molecular flexibility index (Phi) is 5.52. The minimum Gasteiger partial charge on any atom is -0.353 e. The van der Waals surface area contributed by atoms with E-state index in [-0.39, 0.29) is 11.8 Å². The zero-order chi connectivity index (χ0) is 17.0. The zero-order valence-electron chi connectivity index (χ0n) is 14.3. The van der Waals surface area contributed by atoms with Crippen molar-refractivity contribution >= 4 is 17.6 Å². The van der Waals surface area contributed by atoms with E-state index in [0.717, 1.165) is 5.82 Å². The van der Waals surface area contributed by atoms with Crippen molar-refractivity contribution in [3.05, 3.63) is 17.6 Å². The Morgan fingerprint density at radius 3 is 2.43 bits per heavy atom. The third-order valence-electron chi connectivity index (χ3n) is 3.78. The van der Waals surface area contributed by atoms with E-state index in [4.69, 9.17) is 0 Å². The topological polar surface area (TPSA) is 78.4 Å². The molecule has 2 amide bonds. The summed E-state index contributed by atoms with van der Waals surface area (Å²) in [7, 11) is 0. The Hall–Kier alpha value is -2.18. The first-order valence-electron chi connectivity index (χ1n) is 8.01. The Bertz CT molecular complexity index is 580. The highest BCUT2D eigenvalue weighted by molar-refractivity contribution is 5.93. The minimum absolute atomic E-state index is 0.0947. The number of anilines is 1. The molecule has 23 heavy (non-hydrogen) atoms. The van der Waals surface area contributed by atoms with Crippen LogP contribution in [-0.4, -0.2) is 59.4 Å². The maximum Gasteiger partial charge on any atom is 0.270 e. The van der Waals surface area contributed by atoms with E-state index in [1.54, 1.807) is 19.9 Å². The summed E-state index contributed by atoms with van der Waals surface area (Å²) in [6.45, 7) is 10.9. The lowest BCUT2D eigenvalue weighted by atomic mass is 10.2. The van der Waals surface area contributed by atoms with Gasteiger partial charge in [0.2, 0.25) is 5.91 Å². The van der Waals surface area contributed by atoms with Crippen molar-refractivity contribution < 1.29 is 9.59 Å². The predicted molar refractivity (Wildman–Crippen MR) is 88.4 cm³/mol. The molecule has 1 aliphatic rings. The molecule has 0 saturated carbocycles. The lowest BCUT2D eigenvalue weighted by Gasteiger charge is -2.35. The number of hydrogen-bond donors (Lipinski definition) is 1. The number of piperazine rings is 1. The first-order chi connectivity index (χ1) is 10.9. The Morgan fingerprint density at radius 2 is 1.87 bits per heavy atom. The number of carbonyl (C=O) groups is 2. The standard InChI is InChI=1S/C16H25N5O2/c1-11(2)10-17-16(23)14-9-15(19-12(3)18-14)21-7-5-20(6-8-21)13(4)22/h9,11H,5-8,10H2,1-4H3,(H,17,23). The maximum absolute atomic E-state index is 12.2. The highest BCUT2D eigenvalue weighted by atomic mass is 16.2. The summed E-state index contributed by atoms with van der Waals surface area (Å²) in [4.78, 5) is 36.2. The molecule has 2 rings (SSSR count). The molecule has 1 aromatic rings. The van der Waals surface area contributed by atoms with Gasteiger partial charge in [-0.05, 0) is 12.8 Å². The Labute approximate surface area is 137 Å². The van der Waals surface area contributed by atoms with Crippen LogP contribution >= 0.6 is 0 Å². The fraction of sp³-hybridized carbons (Fsp3) is 0.625. The Morgan fingerprint density at radius 1 is 1.22 bits per heavy atom. The van der Waals surface area contributed by atoms with Crippen molar-refractivity contribution in [2.24, 2.45) is 5.92 Å². The van der Waals surface area contributed by atoms with E-state index in [1.807, 2.05) is 18.7 Å². The van der Waals surface area contributed by atoms with Crippen LogP contribution in [0, 0.1) is 12.8 Å². The van der Waals surface area contributed by atoms with Crippen LogP contribution in [0.1, 0.15) is 37.1 Å². The van der Waals surface area contributed by atoms with Gasteiger partial charge in [0.15, 0.2) is 0 Å². The summed E-state index contributed by atoms with van der Waals surface area (Å²) in [5.41, 5.74) is 0.391. The van der Waals surface area contributed by atoms with E-state index >= 15 is 0 Å². The first-order valence-corrected chi connectivity index (χ1v) is 8.01. The van der Waals surface area contributed by atoms with Gasteiger partial charge in [-0.25, -0.2) is 9.97 Å². The van der Waals surface area contributed by atoms with Crippen molar-refractivity contribution in [1.29, 1.82) is 0 Å². The maximum atomic E-state index is 12.2. The molecule has 0 aliphatic carbocycles. The number of rotatable bonds is 4. The van der Waals surface area contributed by atoms with Crippen molar-refractivity contribution in [1.82, 2.24) is 20.2 Å². The molecule has 1 fully saturated rings. The van der Waals surface area contributed by atoms with Crippen LogP contribution in [0.3, 0.4) is 0 Å². The normalized spacial score (nSPS) is 15.0. The molecule has 0 spiro atoms. The van der Waals surface area contributed by atoms with E-state index < -0.39 is 0 Å². The summed E-state index contributed by atoms with van der Waals surface area (Å²) in [6.07, 6.45) is 0. The average Bonchev–Trinajstić information content (AvgIpc) is 2.52. The summed E-state index contributed by atoms with van der Waals surface area (Å²) in [5, 5.41) is 2.88. The van der Waals surface area contributed by atoms with Crippen LogP contribution in [0.5, 0.6) is 0 Å². The van der Waals surface area contributed by atoms with Gasteiger partial charge in [-0.3, -0.25) is 9.59 Å². The van der Waals surface area contributed by atoms with Crippen LogP contribution in [0.25, 0.3) is 0 Å². The predicted octanol–water partition coefficient (Wildman–Crippen LogP) is 0.839. The molecule has 2 heterocycles.